The molecule has 0 spiro atoms. The van der Waals surface area contributed by atoms with Gasteiger partial charge >= 0.3 is 0 Å². The molecule has 0 radical (unpaired) electrons. The van der Waals surface area contributed by atoms with Crippen LogP contribution in [0.3, 0.4) is 0 Å². The Kier molecular flexibility index (Phi) is 5.89. The highest BCUT2D eigenvalue weighted by molar-refractivity contribution is 5.76. The lowest BCUT2D eigenvalue weighted by Gasteiger charge is -2.26. The van der Waals surface area contributed by atoms with Gasteiger partial charge in [0.05, 0.1) is 6.61 Å². The quantitative estimate of drug-likeness (QED) is 0.435. The maximum Gasteiger partial charge on any atom is 0.119 e. The van der Waals surface area contributed by atoms with Crippen LogP contribution in [0.4, 0.5) is 17.1 Å². The van der Waals surface area contributed by atoms with Crippen molar-refractivity contribution in [3.8, 4) is 5.75 Å². The van der Waals surface area contributed by atoms with E-state index in [1.807, 2.05) is 0 Å². The summed E-state index contributed by atoms with van der Waals surface area (Å²) in [6, 6.07) is 27.7. The molecule has 1 saturated carbocycles. The first-order valence-electron chi connectivity index (χ1n) is 10.7. The Hall–Kier alpha value is -2.74. The number of anilines is 3. The van der Waals surface area contributed by atoms with Gasteiger partial charge in [-0.2, -0.15) is 0 Å². The molecule has 1 fully saturated rings. The van der Waals surface area contributed by atoms with Crippen molar-refractivity contribution in [1.29, 1.82) is 0 Å². The SMILES string of the molecule is Cc1cccc(N(c2ccccc2)c2ccc(OCC3CC(C)CC3C)cc2)c1. The summed E-state index contributed by atoms with van der Waals surface area (Å²) in [6.45, 7) is 7.68. The molecule has 0 N–H and O–H groups in total. The minimum atomic E-state index is 0.679. The molecule has 4 rings (SSSR count). The first-order chi connectivity index (χ1) is 14.1. The second kappa shape index (κ2) is 8.73. The second-order valence-electron chi connectivity index (χ2n) is 8.63. The molecule has 3 aromatic carbocycles. The number of ether oxygens (including phenoxy) is 1. The molecule has 1 aliphatic rings. The van der Waals surface area contributed by atoms with E-state index in [0.29, 0.717) is 5.92 Å². The molecule has 150 valence electrons. The second-order valence-corrected chi connectivity index (χ2v) is 8.63. The largest absolute Gasteiger partial charge is 0.493 e. The smallest absolute Gasteiger partial charge is 0.119 e. The van der Waals surface area contributed by atoms with E-state index in [1.165, 1.54) is 24.1 Å². The van der Waals surface area contributed by atoms with Crippen molar-refractivity contribution in [2.45, 2.75) is 33.6 Å². The van der Waals surface area contributed by atoms with Crippen molar-refractivity contribution < 1.29 is 4.74 Å². The zero-order valence-corrected chi connectivity index (χ0v) is 17.7. The summed E-state index contributed by atoms with van der Waals surface area (Å²) in [7, 11) is 0. The molecule has 0 amide bonds. The van der Waals surface area contributed by atoms with E-state index in [0.717, 1.165) is 35.6 Å². The standard InChI is InChI=1S/C27H31NO/c1-20-8-7-11-26(18-20)28(24-9-5-4-6-10-24)25-12-14-27(15-13-25)29-19-23-17-21(2)16-22(23)3/h4-15,18,21-23H,16-17,19H2,1-3H3. The number of hydrogen-bond acceptors (Lipinski definition) is 2. The Balaban J connectivity index is 1.54. The molecule has 0 aliphatic heterocycles. The number of benzene rings is 3. The maximum atomic E-state index is 6.16. The highest BCUT2D eigenvalue weighted by Crippen LogP contribution is 2.37. The van der Waals surface area contributed by atoms with Crippen molar-refractivity contribution >= 4 is 17.1 Å². The molecular weight excluding hydrogens is 354 g/mol. The van der Waals surface area contributed by atoms with Crippen LogP contribution in [-0.2, 0) is 0 Å². The zero-order valence-electron chi connectivity index (χ0n) is 17.7. The van der Waals surface area contributed by atoms with Gasteiger partial charge in [-0.3, -0.25) is 0 Å². The van der Waals surface area contributed by atoms with Gasteiger partial charge in [0.2, 0.25) is 0 Å². The Morgan fingerprint density at radius 2 is 1.48 bits per heavy atom. The predicted octanol–water partition coefficient (Wildman–Crippen LogP) is 7.53. The third-order valence-corrected chi connectivity index (χ3v) is 6.12. The average molecular weight is 386 g/mol. The Morgan fingerprint density at radius 1 is 0.793 bits per heavy atom. The Bertz CT molecular complexity index is 919. The van der Waals surface area contributed by atoms with E-state index in [4.69, 9.17) is 4.74 Å². The molecule has 0 aromatic heterocycles. The Morgan fingerprint density at radius 3 is 2.14 bits per heavy atom. The fourth-order valence-corrected chi connectivity index (χ4v) is 4.59. The molecule has 2 nitrogen and oxygen atoms in total. The van der Waals surface area contributed by atoms with E-state index in [-0.39, 0.29) is 0 Å². The molecule has 2 heteroatoms. The van der Waals surface area contributed by atoms with Gasteiger partial charge in [-0.25, -0.2) is 0 Å². The van der Waals surface area contributed by atoms with Crippen LogP contribution in [-0.4, -0.2) is 6.61 Å². The van der Waals surface area contributed by atoms with Crippen LogP contribution in [0.2, 0.25) is 0 Å². The molecule has 1 aliphatic carbocycles. The van der Waals surface area contributed by atoms with Gasteiger partial charge in [-0.1, -0.05) is 44.2 Å². The monoisotopic (exact) mass is 385 g/mol. The fourth-order valence-electron chi connectivity index (χ4n) is 4.59. The predicted molar refractivity (Wildman–Crippen MR) is 122 cm³/mol. The normalized spacial score (nSPS) is 21.1. The van der Waals surface area contributed by atoms with Crippen molar-refractivity contribution in [1.82, 2.24) is 0 Å². The highest BCUT2D eigenvalue weighted by Gasteiger charge is 2.29. The van der Waals surface area contributed by atoms with Gasteiger partial charge in [-0.05, 0) is 91.6 Å². The highest BCUT2D eigenvalue weighted by atomic mass is 16.5. The molecule has 3 unspecified atom stereocenters. The van der Waals surface area contributed by atoms with Crippen LogP contribution in [0.5, 0.6) is 5.75 Å². The van der Waals surface area contributed by atoms with Gasteiger partial charge in [0.25, 0.3) is 0 Å². The summed E-state index contributed by atoms with van der Waals surface area (Å²) >= 11 is 0. The number of aryl methyl sites for hydroxylation is 1. The first kappa shape index (κ1) is 19.6. The number of hydrogen-bond donors (Lipinski definition) is 0. The molecular formula is C27H31NO. The van der Waals surface area contributed by atoms with E-state index >= 15 is 0 Å². The maximum absolute atomic E-state index is 6.16. The molecule has 0 heterocycles. The third kappa shape index (κ3) is 4.64. The van der Waals surface area contributed by atoms with Crippen LogP contribution in [0, 0.1) is 24.7 Å². The lowest BCUT2D eigenvalue weighted by molar-refractivity contribution is 0.220. The third-order valence-electron chi connectivity index (χ3n) is 6.12. The summed E-state index contributed by atoms with van der Waals surface area (Å²) in [6.07, 6.45) is 2.61. The average Bonchev–Trinajstić information content (AvgIpc) is 3.05. The molecule has 0 saturated heterocycles. The van der Waals surface area contributed by atoms with Crippen LogP contribution in [0.15, 0.2) is 78.9 Å². The summed E-state index contributed by atoms with van der Waals surface area (Å²) in [4.78, 5) is 2.29. The molecule has 29 heavy (non-hydrogen) atoms. The summed E-state index contributed by atoms with van der Waals surface area (Å²) in [5, 5.41) is 0. The molecule has 3 atom stereocenters. The number of nitrogens with zero attached hydrogens (tertiary/aromatic N) is 1. The number of para-hydroxylation sites is 1. The number of rotatable bonds is 6. The first-order valence-corrected chi connectivity index (χ1v) is 10.7. The zero-order chi connectivity index (χ0) is 20.2. The van der Waals surface area contributed by atoms with Crippen molar-refractivity contribution in [3.05, 3.63) is 84.4 Å². The lowest BCUT2D eigenvalue weighted by atomic mass is 9.99. The van der Waals surface area contributed by atoms with E-state index < -0.39 is 0 Å². The summed E-state index contributed by atoms with van der Waals surface area (Å²) in [5.41, 5.74) is 4.71. The lowest BCUT2D eigenvalue weighted by Crippen LogP contribution is -2.14. The van der Waals surface area contributed by atoms with Gasteiger partial charge < -0.3 is 9.64 Å². The topological polar surface area (TPSA) is 12.5 Å². The van der Waals surface area contributed by atoms with Crippen LogP contribution < -0.4 is 9.64 Å². The van der Waals surface area contributed by atoms with Crippen LogP contribution in [0.25, 0.3) is 0 Å². The van der Waals surface area contributed by atoms with E-state index in [2.05, 4.69) is 105 Å². The Labute approximate surface area is 175 Å². The van der Waals surface area contributed by atoms with Gasteiger partial charge in [0.1, 0.15) is 5.75 Å². The molecule has 0 bridgehead atoms. The van der Waals surface area contributed by atoms with Crippen molar-refractivity contribution in [2.75, 3.05) is 11.5 Å². The summed E-state index contributed by atoms with van der Waals surface area (Å²) < 4.78 is 6.16. The van der Waals surface area contributed by atoms with Crippen molar-refractivity contribution in [2.24, 2.45) is 17.8 Å². The van der Waals surface area contributed by atoms with E-state index in [1.54, 1.807) is 0 Å². The minimum Gasteiger partial charge on any atom is -0.493 e. The van der Waals surface area contributed by atoms with Gasteiger partial charge in [-0.15, -0.1) is 0 Å². The van der Waals surface area contributed by atoms with Gasteiger partial charge in [0.15, 0.2) is 0 Å². The van der Waals surface area contributed by atoms with Crippen molar-refractivity contribution in [3.63, 3.8) is 0 Å². The van der Waals surface area contributed by atoms with Crippen LogP contribution >= 0.6 is 0 Å². The summed E-state index contributed by atoms with van der Waals surface area (Å²) in [5.74, 6) is 3.23. The van der Waals surface area contributed by atoms with Gasteiger partial charge in [0, 0.05) is 17.1 Å². The fraction of sp³-hybridized carbons (Fsp3) is 0.333. The van der Waals surface area contributed by atoms with E-state index in [9.17, 15) is 0 Å². The molecule has 3 aromatic rings. The minimum absolute atomic E-state index is 0.679. The van der Waals surface area contributed by atoms with Crippen LogP contribution in [0.1, 0.15) is 32.3 Å².